The molecule has 0 saturated carbocycles. The number of hydrogen-bond acceptors (Lipinski definition) is 2. The maximum absolute atomic E-state index is 11.2. The molecule has 0 atom stereocenters. The van der Waals surface area contributed by atoms with Crippen molar-refractivity contribution >= 4 is 11.7 Å². The van der Waals surface area contributed by atoms with E-state index < -0.39 is 0 Å². The summed E-state index contributed by atoms with van der Waals surface area (Å²) in [5.74, 6) is -0.0165. The first-order chi connectivity index (χ1) is 6.81. The zero-order chi connectivity index (χ0) is 11.9. The Morgan fingerprint density at radius 3 is 2.20 bits per heavy atom. The first-order valence-electron chi connectivity index (χ1n) is 5.57. The molecule has 0 rings (SSSR count). The number of carbonyl (C=O) groups is 2. The molecular formula is C12H23NO2. The number of rotatable bonds is 6. The van der Waals surface area contributed by atoms with Gasteiger partial charge in [0.2, 0.25) is 5.91 Å². The molecule has 0 bridgehead atoms. The zero-order valence-electron chi connectivity index (χ0n) is 10.4. The number of nitrogens with one attached hydrogen (secondary N) is 1. The van der Waals surface area contributed by atoms with E-state index in [4.69, 9.17) is 0 Å². The summed E-state index contributed by atoms with van der Waals surface area (Å²) in [7, 11) is 0. The van der Waals surface area contributed by atoms with Crippen LogP contribution < -0.4 is 5.32 Å². The molecule has 1 N–H and O–H groups in total. The summed E-state index contributed by atoms with van der Waals surface area (Å²) in [5, 5.41) is 2.59. The number of Topliss-reactive ketones (excluding diaryl/α,β-unsaturated/α-hetero) is 1. The maximum atomic E-state index is 11.2. The summed E-state index contributed by atoms with van der Waals surface area (Å²) in [4.78, 5) is 21.8. The smallest absolute Gasteiger partial charge is 0.220 e. The van der Waals surface area contributed by atoms with Gasteiger partial charge in [-0.25, -0.2) is 0 Å². The van der Waals surface area contributed by atoms with E-state index in [2.05, 4.69) is 26.1 Å². The quantitative estimate of drug-likeness (QED) is 0.688. The summed E-state index contributed by atoms with van der Waals surface area (Å²) in [6.07, 6.45) is 3.63. The Labute approximate surface area is 92.6 Å². The van der Waals surface area contributed by atoms with Crippen LogP contribution in [0.2, 0.25) is 0 Å². The Hall–Kier alpha value is -0.860. The molecule has 0 fully saturated rings. The van der Waals surface area contributed by atoms with E-state index in [0.717, 1.165) is 19.3 Å². The van der Waals surface area contributed by atoms with Gasteiger partial charge < -0.3 is 5.32 Å². The van der Waals surface area contributed by atoms with Crippen LogP contribution in [0.4, 0.5) is 0 Å². The monoisotopic (exact) mass is 213 g/mol. The van der Waals surface area contributed by atoms with Crippen LogP contribution >= 0.6 is 0 Å². The third-order valence-corrected chi connectivity index (χ3v) is 2.12. The Morgan fingerprint density at radius 1 is 1.13 bits per heavy atom. The van der Waals surface area contributed by atoms with Crippen molar-refractivity contribution in [2.24, 2.45) is 5.41 Å². The highest BCUT2D eigenvalue weighted by Crippen LogP contribution is 2.21. The van der Waals surface area contributed by atoms with Gasteiger partial charge in [0.1, 0.15) is 5.78 Å². The highest BCUT2D eigenvalue weighted by molar-refractivity contribution is 5.84. The van der Waals surface area contributed by atoms with Gasteiger partial charge in [-0.2, -0.15) is 0 Å². The Bertz CT molecular complexity index is 216. The Kier molecular flexibility index (Phi) is 6.21. The number of hydrogen-bond donors (Lipinski definition) is 1. The topological polar surface area (TPSA) is 46.2 Å². The number of ketones is 1. The summed E-state index contributed by atoms with van der Waals surface area (Å²) in [6.45, 7) is 8.23. The molecule has 0 radical (unpaired) electrons. The van der Waals surface area contributed by atoms with Crippen LogP contribution in [-0.4, -0.2) is 18.2 Å². The standard InChI is InChI=1S/C12H23NO2/c1-10(14)9-13-11(15)7-5-6-8-12(2,3)4/h5-9H2,1-4H3,(H,13,15). The lowest BCUT2D eigenvalue weighted by atomic mass is 9.89. The van der Waals surface area contributed by atoms with E-state index in [1.165, 1.54) is 6.92 Å². The van der Waals surface area contributed by atoms with Crippen molar-refractivity contribution in [3.8, 4) is 0 Å². The zero-order valence-corrected chi connectivity index (χ0v) is 10.4. The van der Waals surface area contributed by atoms with Crippen LogP contribution in [-0.2, 0) is 9.59 Å². The molecule has 3 heteroatoms. The highest BCUT2D eigenvalue weighted by Gasteiger charge is 2.09. The van der Waals surface area contributed by atoms with E-state index in [1.807, 2.05) is 0 Å². The summed E-state index contributed by atoms with van der Waals surface area (Å²) < 4.78 is 0. The van der Waals surface area contributed by atoms with E-state index in [0.29, 0.717) is 11.8 Å². The third kappa shape index (κ3) is 11.1. The fourth-order valence-corrected chi connectivity index (χ4v) is 1.25. The van der Waals surface area contributed by atoms with Crippen molar-refractivity contribution in [2.75, 3.05) is 6.54 Å². The molecule has 0 aromatic rings. The maximum Gasteiger partial charge on any atom is 0.220 e. The predicted octanol–water partition coefficient (Wildman–Crippen LogP) is 2.30. The van der Waals surface area contributed by atoms with E-state index in [1.54, 1.807) is 0 Å². The average molecular weight is 213 g/mol. The molecular weight excluding hydrogens is 190 g/mol. The number of amides is 1. The molecule has 0 spiro atoms. The number of carbonyl (C=O) groups excluding carboxylic acids is 2. The van der Waals surface area contributed by atoms with Gasteiger partial charge in [-0.15, -0.1) is 0 Å². The molecule has 0 aliphatic heterocycles. The van der Waals surface area contributed by atoms with E-state index in [9.17, 15) is 9.59 Å². The van der Waals surface area contributed by atoms with Crippen molar-refractivity contribution in [1.82, 2.24) is 5.32 Å². The lowest BCUT2D eigenvalue weighted by molar-refractivity contribution is -0.124. The molecule has 0 unspecified atom stereocenters. The third-order valence-electron chi connectivity index (χ3n) is 2.12. The van der Waals surface area contributed by atoms with Crippen molar-refractivity contribution < 1.29 is 9.59 Å². The van der Waals surface area contributed by atoms with Crippen LogP contribution in [0, 0.1) is 5.41 Å². The first kappa shape index (κ1) is 14.1. The van der Waals surface area contributed by atoms with Gasteiger partial charge in [0.15, 0.2) is 0 Å². The van der Waals surface area contributed by atoms with Crippen molar-refractivity contribution in [3.63, 3.8) is 0 Å². The predicted molar refractivity (Wildman–Crippen MR) is 61.6 cm³/mol. The lowest BCUT2D eigenvalue weighted by Gasteiger charge is -2.17. The summed E-state index contributed by atoms with van der Waals surface area (Å²) >= 11 is 0. The molecule has 0 heterocycles. The molecule has 88 valence electrons. The fourth-order valence-electron chi connectivity index (χ4n) is 1.25. The minimum absolute atomic E-state index is 0.00181. The summed E-state index contributed by atoms with van der Waals surface area (Å²) in [5.41, 5.74) is 0.343. The Morgan fingerprint density at radius 2 is 1.73 bits per heavy atom. The molecule has 0 saturated heterocycles. The van der Waals surface area contributed by atoms with Gasteiger partial charge in [0.25, 0.3) is 0 Å². The second-order valence-electron chi connectivity index (χ2n) is 5.25. The van der Waals surface area contributed by atoms with Gasteiger partial charge in [-0.05, 0) is 25.2 Å². The van der Waals surface area contributed by atoms with Gasteiger partial charge in [0, 0.05) is 6.42 Å². The molecule has 3 nitrogen and oxygen atoms in total. The largest absolute Gasteiger partial charge is 0.349 e. The molecule has 0 aliphatic rings. The van der Waals surface area contributed by atoms with Crippen LogP contribution in [0.3, 0.4) is 0 Å². The van der Waals surface area contributed by atoms with E-state index >= 15 is 0 Å². The minimum Gasteiger partial charge on any atom is -0.349 e. The van der Waals surface area contributed by atoms with Gasteiger partial charge in [-0.3, -0.25) is 9.59 Å². The van der Waals surface area contributed by atoms with Gasteiger partial charge in [-0.1, -0.05) is 27.2 Å². The van der Waals surface area contributed by atoms with Crippen molar-refractivity contribution in [3.05, 3.63) is 0 Å². The SMILES string of the molecule is CC(=O)CNC(=O)CCCCC(C)(C)C. The van der Waals surface area contributed by atoms with Crippen molar-refractivity contribution in [2.45, 2.75) is 53.4 Å². The van der Waals surface area contributed by atoms with Crippen LogP contribution in [0.25, 0.3) is 0 Å². The molecule has 15 heavy (non-hydrogen) atoms. The second kappa shape index (κ2) is 6.59. The normalized spacial score (nSPS) is 11.2. The average Bonchev–Trinajstić information content (AvgIpc) is 2.07. The van der Waals surface area contributed by atoms with Gasteiger partial charge in [0.05, 0.1) is 6.54 Å². The first-order valence-corrected chi connectivity index (χ1v) is 5.57. The Balaban J connectivity index is 3.44. The molecule has 1 amide bonds. The molecule has 0 aromatic carbocycles. The highest BCUT2D eigenvalue weighted by atomic mass is 16.2. The van der Waals surface area contributed by atoms with Gasteiger partial charge >= 0.3 is 0 Å². The minimum atomic E-state index is -0.0147. The second-order valence-corrected chi connectivity index (χ2v) is 5.25. The molecule has 0 aliphatic carbocycles. The van der Waals surface area contributed by atoms with Crippen LogP contribution in [0.15, 0.2) is 0 Å². The van der Waals surface area contributed by atoms with Crippen molar-refractivity contribution in [1.29, 1.82) is 0 Å². The van der Waals surface area contributed by atoms with Crippen LogP contribution in [0.5, 0.6) is 0 Å². The fraction of sp³-hybridized carbons (Fsp3) is 0.833. The summed E-state index contributed by atoms with van der Waals surface area (Å²) in [6, 6.07) is 0. The molecule has 0 aromatic heterocycles. The lowest BCUT2D eigenvalue weighted by Crippen LogP contribution is -2.27. The van der Waals surface area contributed by atoms with Crippen LogP contribution in [0.1, 0.15) is 53.4 Å². The number of unbranched alkanes of at least 4 members (excludes halogenated alkanes) is 1. The van der Waals surface area contributed by atoms with E-state index in [-0.39, 0.29) is 18.2 Å².